The van der Waals surface area contributed by atoms with Gasteiger partial charge in [-0.1, -0.05) is 78.9 Å². The molecule has 7 heteroatoms. The lowest BCUT2D eigenvalue weighted by atomic mass is 9.98. The molecule has 1 aliphatic rings. The highest BCUT2D eigenvalue weighted by Crippen LogP contribution is 2.29. The minimum atomic E-state index is -1.50. The molecule has 178 valence electrons. The molecule has 0 aromatic heterocycles. The van der Waals surface area contributed by atoms with Crippen molar-refractivity contribution in [2.24, 2.45) is 0 Å². The van der Waals surface area contributed by atoms with Crippen LogP contribution in [0.5, 0.6) is 0 Å². The highest BCUT2D eigenvalue weighted by Gasteiger charge is 2.49. The van der Waals surface area contributed by atoms with Crippen LogP contribution < -0.4 is 0 Å². The fourth-order valence-electron chi connectivity index (χ4n) is 3.86. The van der Waals surface area contributed by atoms with Crippen molar-refractivity contribution in [1.82, 2.24) is 0 Å². The van der Waals surface area contributed by atoms with E-state index in [9.17, 15) is 15.0 Å². The summed E-state index contributed by atoms with van der Waals surface area (Å²) in [5.74, 6) is -0.620. The Balaban J connectivity index is 1.57. The zero-order valence-corrected chi connectivity index (χ0v) is 18.6. The summed E-state index contributed by atoms with van der Waals surface area (Å²) >= 11 is 0. The highest BCUT2D eigenvalue weighted by molar-refractivity contribution is 5.89. The third-order valence-electron chi connectivity index (χ3n) is 5.61. The number of benzene rings is 3. The lowest BCUT2D eigenvalue weighted by Crippen LogP contribution is -2.61. The molecule has 3 aromatic carbocycles. The van der Waals surface area contributed by atoms with Crippen LogP contribution in [0.1, 0.15) is 21.5 Å². The predicted molar refractivity (Wildman–Crippen MR) is 124 cm³/mol. The third-order valence-corrected chi connectivity index (χ3v) is 5.61. The van der Waals surface area contributed by atoms with Crippen LogP contribution in [0.3, 0.4) is 0 Å². The minimum absolute atomic E-state index is 0.195. The summed E-state index contributed by atoms with van der Waals surface area (Å²) in [5, 5.41) is 20.6. The summed E-state index contributed by atoms with van der Waals surface area (Å²) in [6, 6.07) is 27.5. The van der Waals surface area contributed by atoms with E-state index in [2.05, 4.69) is 0 Å². The van der Waals surface area contributed by atoms with Gasteiger partial charge in [0.05, 0.1) is 25.4 Å². The van der Waals surface area contributed by atoms with E-state index in [1.54, 1.807) is 30.3 Å². The molecular weight excluding hydrogens is 436 g/mol. The number of rotatable bonds is 9. The smallest absolute Gasteiger partial charge is 0.338 e. The number of aliphatic hydroxyl groups excluding tert-OH is 2. The SMILES string of the molecule is O=C(O[C@H]1[C@@H](OCc2ccccc2)[C@H](OCc2ccccc2)[C@@H](CO)O[C@@H]1O)c1ccccc1. The molecule has 0 aliphatic carbocycles. The van der Waals surface area contributed by atoms with Gasteiger partial charge in [-0.25, -0.2) is 4.79 Å². The quantitative estimate of drug-likeness (QED) is 0.470. The molecule has 5 atom stereocenters. The molecule has 1 aliphatic heterocycles. The van der Waals surface area contributed by atoms with E-state index < -0.39 is 43.3 Å². The lowest BCUT2D eigenvalue weighted by molar-refractivity contribution is -0.304. The van der Waals surface area contributed by atoms with Crippen molar-refractivity contribution in [1.29, 1.82) is 0 Å². The van der Waals surface area contributed by atoms with Gasteiger partial charge in [0.1, 0.15) is 18.3 Å². The maximum Gasteiger partial charge on any atom is 0.338 e. The van der Waals surface area contributed by atoms with Crippen molar-refractivity contribution in [3.8, 4) is 0 Å². The maximum absolute atomic E-state index is 12.8. The Morgan fingerprint density at radius 2 is 1.24 bits per heavy atom. The summed E-state index contributed by atoms with van der Waals surface area (Å²) in [4.78, 5) is 12.8. The molecule has 3 aromatic rings. The van der Waals surface area contributed by atoms with Crippen LogP contribution in [0.4, 0.5) is 0 Å². The molecule has 1 saturated heterocycles. The van der Waals surface area contributed by atoms with Gasteiger partial charge in [0, 0.05) is 0 Å². The van der Waals surface area contributed by atoms with E-state index >= 15 is 0 Å². The molecule has 0 amide bonds. The molecule has 0 unspecified atom stereocenters. The molecule has 0 saturated carbocycles. The zero-order chi connectivity index (χ0) is 23.8. The lowest BCUT2D eigenvalue weighted by Gasteiger charge is -2.43. The van der Waals surface area contributed by atoms with Gasteiger partial charge >= 0.3 is 5.97 Å². The Bertz CT molecular complexity index is 1010. The van der Waals surface area contributed by atoms with Gasteiger partial charge in [0.25, 0.3) is 0 Å². The number of hydrogen-bond acceptors (Lipinski definition) is 7. The molecule has 0 spiro atoms. The van der Waals surface area contributed by atoms with Gasteiger partial charge in [0.15, 0.2) is 12.4 Å². The number of aliphatic hydroxyl groups is 2. The number of carbonyl (C=O) groups excluding carboxylic acids is 1. The molecule has 4 rings (SSSR count). The molecule has 0 bridgehead atoms. The first-order valence-corrected chi connectivity index (χ1v) is 11.2. The Morgan fingerprint density at radius 1 is 0.735 bits per heavy atom. The van der Waals surface area contributed by atoms with Crippen molar-refractivity contribution >= 4 is 5.97 Å². The van der Waals surface area contributed by atoms with E-state index in [4.69, 9.17) is 18.9 Å². The van der Waals surface area contributed by atoms with Crippen molar-refractivity contribution in [2.75, 3.05) is 6.61 Å². The molecule has 0 radical (unpaired) electrons. The van der Waals surface area contributed by atoms with Crippen LogP contribution in [-0.2, 0) is 32.2 Å². The fourth-order valence-corrected chi connectivity index (χ4v) is 3.86. The first-order chi connectivity index (χ1) is 16.7. The van der Waals surface area contributed by atoms with Crippen LogP contribution in [0, 0.1) is 0 Å². The van der Waals surface area contributed by atoms with Gasteiger partial charge in [-0.05, 0) is 23.3 Å². The largest absolute Gasteiger partial charge is 0.450 e. The first kappa shape index (κ1) is 24.1. The fraction of sp³-hybridized carbons (Fsp3) is 0.296. The minimum Gasteiger partial charge on any atom is -0.450 e. The summed E-state index contributed by atoms with van der Waals surface area (Å²) in [7, 11) is 0. The van der Waals surface area contributed by atoms with E-state index in [-0.39, 0.29) is 13.2 Å². The average molecular weight is 465 g/mol. The topological polar surface area (TPSA) is 94.5 Å². The summed E-state index contributed by atoms with van der Waals surface area (Å²) in [5.41, 5.74) is 2.16. The van der Waals surface area contributed by atoms with Crippen molar-refractivity contribution in [3.63, 3.8) is 0 Å². The van der Waals surface area contributed by atoms with Gasteiger partial charge < -0.3 is 29.2 Å². The molecule has 7 nitrogen and oxygen atoms in total. The maximum atomic E-state index is 12.8. The molecule has 1 heterocycles. The molecule has 34 heavy (non-hydrogen) atoms. The second-order valence-electron chi connectivity index (χ2n) is 8.01. The monoisotopic (exact) mass is 464 g/mol. The van der Waals surface area contributed by atoms with Gasteiger partial charge in [-0.3, -0.25) is 0 Å². The van der Waals surface area contributed by atoms with E-state index in [1.165, 1.54) is 0 Å². The third kappa shape index (κ3) is 6.08. The van der Waals surface area contributed by atoms with Crippen molar-refractivity contribution in [2.45, 2.75) is 43.9 Å². The van der Waals surface area contributed by atoms with E-state index in [0.717, 1.165) is 11.1 Å². The van der Waals surface area contributed by atoms with Crippen LogP contribution in [-0.4, -0.2) is 53.5 Å². The van der Waals surface area contributed by atoms with Gasteiger partial charge in [0.2, 0.25) is 0 Å². The van der Waals surface area contributed by atoms with Crippen LogP contribution in [0.2, 0.25) is 0 Å². The number of ether oxygens (including phenoxy) is 4. The standard InChI is InChI=1S/C27H28O7/c28-16-22-23(31-17-19-10-4-1-5-11-19)24(32-18-20-12-6-2-7-13-20)25(27(30)33-22)34-26(29)21-14-8-3-9-15-21/h1-15,22-25,27-28,30H,16-18H2/t22-,23-,24+,25+,27+/m1/s1. The molecular formula is C27H28O7. The summed E-state index contributed by atoms with van der Waals surface area (Å²) in [6.45, 7) is 0.0219. The van der Waals surface area contributed by atoms with Crippen LogP contribution >= 0.6 is 0 Å². The van der Waals surface area contributed by atoms with E-state index in [0.29, 0.717) is 5.56 Å². The van der Waals surface area contributed by atoms with Crippen molar-refractivity contribution < 1.29 is 34.0 Å². The molecule has 2 N–H and O–H groups in total. The zero-order valence-electron chi connectivity index (χ0n) is 18.6. The Kier molecular flexibility index (Phi) is 8.41. The van der Waals surface area contributed by atoms with Gasteiger partial charge in [-0.2, -0.15) is 0 Å². The highest BCUT2D eigenvalue weighted by atomic mass is 16.7. The van der Waals surface area contributed by atoms with Crippen LogP contribution in [0.15, 0.2) is 91.0 Å². The summed E-state index contributed by atoms with van der Waals surface area (Å²) in [6.07, 6.45) is -5.23. The average Bonchev–Trinajstić information content (AvgIpc) is 2.89. The van der Waals surface area contributed by atoms with Gasteiger partial charge in [-0.15, -0.1) is 0 Å². The number of carbonyl (C=O) groups is 1. The Morgan fingerprint density at radius 3 is 1.76 bits per heavy atom. The second kappa shape index (κ2) is 11.9. The Labute approximate surface area is 198 Å². The summed E-state index contributed by atoms with van der Waals surface area (Å²) < 4.78 is 23.6. The predicted octanol–water partition coefficient (Wildman–Crippen LogP) is 3.09. The van der Waals surface area contributed by atoms with Crippen molar-refractivity contribution in [3.05, 3.63) is 108 Å². The number of esters is 1. The Hall–Kier alpha value is -3.07. The van der Waals surface area contributed by atoms with Crippen LogP contribution in [0.25, 0.3) is 0 Å². The number of hydrogen-bond donors (Lipinski definition) is 2. The second-order valence-corrected chi connectivity index (χ2v) is 8.01. The molecule has 1 fully saturated rings. The van der Waals surface area contributed by atoms with E-state index in [1.807, 2.05) is 60.7 Å². The normalized spacial score (nSPS) is 24.5. The first-order valence-electron chi connectivity index (χ1n) is 11.2.